The average Bonchev–Trinajstić information content (AvgIpc) is 3.55. The summed E-state index contributed by atoms with van der Waals surface area (Å²) in [6, 6.07) is 12.8. The molecule has 5 atom stereocenters. The number of carbonyl (C=O) groups excluding carboxylic acids is 1. The molecule has 1 amide bonds. The number of nitrogens with zero attached hydrogens (tertiary/aromatic N) is 4. The third kappa shape index (κ3) is 2.97. The van der Waals surface area contributed by atoms with E-state index in [4.69, 9.17) is 9.72 Å². The van der Waals surface area contributed by atoms with Gasteiger partial charge in [-0.05, 0) is 87.0 Å². The Kier molecular flexibility index (Phi) is 4.29. The number of para-hydroxylation sites is 1. The number of aromatic nitrogens is 3. The van der Waals surface area contributed by atoms with Crippen LogP contribution in [0.25, 0.3) is 33.5 Å². The van der Waals surface area contributed by atoms with Gasteiger partial charge in [-0.25, -0.2) is 4.98 Å². The van der Waals surface area contributed by atoms with Crippen LogP contribution in [-0.4, -0.2) is 49.7 Å². The zero-order valence-electron chi connectivity index (χ0n) is 22.6. The Balaban J connectivity index is 1.22. The van der Waals surface area contributed by atoms with E-state index < -0.39 is 5.60 Å². The highest BCUT2D eigenvalue weighted by Crippen LogP contribution is 2.61. The first-order valence-electron chi connectivity index (χ1n) is 14.7. The van der Waals surface area contributed by atoms with E-state index in [1.165, 1.54) is 19.3 Å². The van der Waals surface area contributed by atoms with E-state index in [9.17, 15) is 9.90 Å². The van der Waals surface area contributed by atoms with Crippen molar-refractivity contribution in [1.82, 2.24) is 19.0 Å². The minimum atomic E-state index is -1.00. The molecule has 0 radical (unpaired) electrons. The summed E-state index contributed by atoms with van der Waals surface area (Å²) in [4.78, 5) is 21.2. The van der Waals surface area contributed by atoms with Gasteiger partial charge in [-0.15, -0.1) is 0 Å². The number of methoxy groups -OCH3 is 1. The normalized spacial score (nSPS) is 30.4. The van der Waals surface area contributed by atoms with Gasteiger partial charge in [0.1, 0.15) is 5.75 Å². The van der Waals surface area contributed by atoms with Gasteiger partial charge in [0.05, 0.1) is 35.0 Å². The number of benzene rings is 2. The summed E-state index contributed by atoms with van der Waals surface area (Å²) in [5.74, 6) is 4.85. The summed E-state index contributed by atoms with van der Waals surface area (Å²) in [6.07, 6.45) is 5.54. The first-order valence-corrected chi connectivity index (χ1v) is 14.7. The topological polar surface area (TPSA) is 72.5 Å². The molecule has 2 aromatic carbocycles. The monoisotopic (exact) mass is 522 g/mol. The lowest BCUT2D eigenvalue weighted by Crippen LogP contribution is -2.53. The number of amides is 1. The minimum Gasteiger partial charge on any atom is -0.495 e. The van der Waals surface area contributed by atoms with E-state index in [0.29, 0.717) is 36.4 Å². The predicted octanol–water partition coefficient (Wildman–Crippen LogP) is 5.17. The van der Waals surface area contributed by atoms with Crippen molar-refractivity contribution in [2.75, 3.05) is 13.7 Å². The van der Waals surface area contributed by atoms with Crippen LogP contribution in [0.1, 0.15) is 54.9 Å². The number of rotatable bonds is 5. The molecule has 3 aliphatic carbocycles. The van der Waals surface area contributed by atoms with E-state index in [-0.39, 0.29) is 5.91 Å². The van der Waals surface area contributed by atoms with Crippen molar-refractivity contribution in [1.29, 1.82) is 0 Å². The van der Waals surface area contributed by atoms with Gasteiger partial charge in [-0.3, -0.25) is 4.79 Å². The van der Waals surface area contributed by atoms with Crippen LogP contribution in [0.4, 0.5) is 0 Å². The number of ether oxygens (including phenoxy) is 1. The van der Waals surface area contributed by atoms with E-state index in [2.05, 4.69) is 26.2 Å². The van der Waals surface area contributed by atoms with Gasteiger partial charge >= 0.3 is 0 Å². The Labute approximate surface area is 227 Å². The molecule has 4 fully saturated rings. The molecule has 4 heterocycles. The van der Waals surface area contributed by atoms with Crippen molar-refractivity contribution in [3.05, 3.63) is 47.5 Å². The van der Waals surface area contributed by atoms with Crippen molar-refractivity contribution in [3.8, 4) is 17.3 Å². The molecule has 0 bridgehead atoms. The molecule has 39 heavy (non-hydrogen) atoms. The number of fused-ring (bicyclic) bond motifs is 1. The molecule has 7 nitrogen and oxygen atoms in total. The van der Waals surface area contributed by atoms with E-state index in [1.807, 2.05) is 31.2 Å². The molecule has 9 rings (SSSR count). The first kappa shape index (κ1) is 22.5. The summed E-state index contributed by atoms with van der Waals surface area (Å²) in [7, 11) is 1.74. The van der Waals surface area contributed by atoms with Crippen LogP contribution in [0, 0.1) is 23.7 Å². The van der Waals surface area contributed by atoms with Crippen molar-refractivity contribution < 1.29 is 14.6 Å². The number of hydrogen-bond donors (Lipinski definition) is 1. The van der Waals surface area contributed by atoms with E-state index >= 15 is 0 Å². The van der Waals surface area contributed by atoms with Crippen molar-refractivity contribution >= 4 is 27.8 Å². The van der Waals surface area contributed by atoms with Crippen LogP contribution in [-0.2, 0) is 18.7 Å². The second-order valence-electron chi connectivity index (χ2n) is 13.1. The quantitative estimate of drug-likeness (QED) is 0.393. The minimum absolute atomic E-state index is 0.107. The summed E-state index contributed by atoms with van der Waals surface area (Å²) < 4.78 is 10.5. The standard InChI is InChI=1S/C32H34N4O3/c1-32(38)8-9-34-29-22(32)11-20(31(37)36-16-21-10-19-14-24(36)27(19)21)12-23(29)33-30(34)25-13-18-4-3-5-26(39-2)28(18)35(25)15-17-6-7-17/h3-5,11-13,17,19,21,24,27,38H,6-10,14-16H2,1-2H3. The van der Waals surface area contributed by atoms with Crippen molar-refractivity contribution in [2.45, 2.75) is 63.8 Å². The van der Waals surface area contributed by atoms with E-state index in [0.717, 1.165) is 76.1 Å². The van der Waals surface area contributed by atoms with Gasteiger partial charge in [0.2, 0.25) is 0 Å². The van der Waals surface area contributed by atoms with Crippen LogP contribution in [0.15, 0.2) is 36.4 Å². The second kappa shape index (κ2) is 7.45. The third-order valence-electron chi connectivity index (χ3n) is 10.7. The Morgan fingerprint density at radius 1 is 1.15 bits per heavy atom. The van der Waals surface area contributed by atoms with Gasteiger partial charge in [0.15, 0.2) is 5.82 Å². The van der Waals surface area contributed by atoms with Crippen LogP contribution >= 0.6 is 0 Å². The molecule has 5 unspecified atom stereocenters. The van der Waals surface area contributed by atoms with Gasteiger partial charge in [0, 0.05) is 42.2 Å². The molecule has 3 saturated carbocycles. The Morgan fingerprint density at radius 3 is 2.79 bits per heavy atom. The summed E-state index contributed by atoms with van der Waals surface area (Å²) in [5.41, 5.74) is 4.44. The summed E-state index contributed by atoms with van der Waals surface area (Å²) in [5, 5.41) is 12.7. The Hall–Kier alpha value is -3.32. The number of hydrogen-bond acceptors (Lipinski definition) is 4. The molecular weight excluding hydrogens is 488 g/mol. The highest BCUT2D eigenvalue weighted by molar-refractivity contribution is 6.00. The van der Waals surface area contributed by atoms with E-state index in [1.54, 1.807) is 7.11 Å². The van der Waals surface area contributed by atoms with Crippen LogP contribution in [0.2, 0.25) is 0 Å². The smallest absolute Gasteiger partial charge is 0.254 e. The number of likely N-dealkylation sites (tertiary alicyclic amines) is 1. The lowest BCUT2D eigenvalue weighted by atomic mass is 9.53. The largest absolute Gasteiger partial charge is 0.495 e. The number of carbonyl (C=O) groups is 1. The molecule has 4 aromatic rings. The highest BCUT2D eigenvalue weighted by Gasteiger charge is 2.61. The zero-order valence-corrected chi connectivity index (χ0v) is 22.6. The summed E-state index contributed by atoms with van der Waals surface area (Å²) >= 11 is 0. The van der Waals surface area contributed by atoms with Crippen molar-refractivity contribution in [2.24, 2.45) is 23.7 Å². The molecule has 0 spiro atoms. The predicted molar refractivity (Wildman–Crippen MR) is 149 cm³/mol. The molecule has 7 heteroatoms. The Bertz CT molecular complexity index is 1710. The molecule has 1 saturated heterocycles. The zero-order chi connectivity index (χ0) is 26.2. The number of aliphatic hydroxyl groups is 1. The van der Waals surface area contributed by atoms with Gasteiger partial charge in [-0.1, -0.05) is 12.1 Å². The molecule has 5 aliphatic rings. The third-order valence-corrected chi connectivity index (χ3v) is 10.7. The fraction of sp³-hybridized carbons (Fsp3) is 0.500. The fourth-order valence-electron chi connectivity index (χ4n) is 8.43. The maximum absolute atomic E-state index is 13.9. The van der Waals surface area contributed by atoms with Gasteiger partial charge in [-0.2, -0.15) is 0 Å². The van der Waals surface area contributed by atoms with Crippen LogP contribution in [0.5, 0.6) is 5.75 Å². The van der Waals surface area contributed by atoms with Gasteiger partial charge in [0.25, 0.3) is 5.91 Å². The molecular formula is C32H34N4O3. The highest BCUT2D eigenvalue weighted by atomic mass is 16.5. The fourth-order valence-corrected chi connectivity index (χ4v) is 8.43. The van der Waals surface area contributed by atoms with Gasteiger partial charge < -0.3 is 23.9 Å². The average molecular weight is 523 g/mol. The second-order valence-corrected chi connectivity index (χ2v) is 13.1. The molecule has 2 aliphatic heterocycles. The SMILES string of the molecule is COc1cccc2cc(-c3nc4cc(C(=O)N5CC6CC7CC5C76)cc5c4n3CCC5(C)O)n(CC3CC3)c12. The first-order chi connectivity index (χ1) is 18.9. The molecule has 200 valence electrons. The van der Waals surface area contributed by atoms with Crippen molar-refractivity contribution in [3.63, 3.8) is 0 Å². The molecule has 2 aromatic heterocycles. The lowest BCUT2D eigenvalue weighted by Gasteiger charge is -2.52. The summed E-state index contributed by atoms with van der Waals surface area (Å²) in [6.45, 7) is 4.39. The number of aryl methyl sites for hydroxylation is 1. The maximum atomic E-state index is 13.9. The molecule has 1 N–H and O–H groups in total. The number of imidazole rings is 1. The maximum Gasteiger partial charge on any atom is 0.254 e. The Morgan fingerprint density at radius 2 is 2.03 bits per heavy atom. The lowest BCUT2D eigenvalue weighted by molar-refractivity contribution is -0.0204. The van der Waals surface area contributed by atoms with Crippen LogP contribution < -0.4 is 4.74 Å². The van der Waals surface area contributed by atoms with Crippen LogP contribution in [0.3, 0.4) is 0 Å².